The number of piperidine rings is 1. The van der Waals surface area contributed by atoms with Crippen LogP contribution in [0, 0.1) is 5.92 Å². The summed E-state index contributed by atoms with van der Waals surface area (Å²) in [6.07, 6.45) is 1.37. The summed E-state index contributed by atoms with van der Waals surface area (Å²) in [6, 6.07) is 18.0. The number of carbonyl (C=O) groups excluding carboxylic acids is 1. The number of nitrogens with one attached hydrogen (secondary N) is 2. The third kappa shape index (κ3) is 3.04. The van der Waals surface area contributed by atoms with E-state index < -0.39 is 29.8 Å². The fourth-order valence-electron chi connectivity index (χ4n) is 6.33. The van der Waals surface area contributed by atoms with Gasteiger partial charge in [0, 0.05) is 41.3 Å². The Balaban J connectivity index is 1.50. The van der Waals surface area contributed by atoms with E-state index in [0.717, 1.165) is 22.2 Å². The van der Waals surface area contributed by atoms with Crippen molar-refractivity contribution in [2.75, 3.05) is 6.61 Å². The minimum atomic E-state index is -1.56. The molecule has 34 heavy (non-hydrogen) atoms. The second-order valence-electron chi connectivity index (χ2n) is 9.52. The van der Waals surface area contributed by atoms with Gasteiger partial charge in [-0.1, -0.05) is 48.5 Å². The van der Waals surface area contributed by atoms with Crippen molar-refractivity contribution >= 4 is 16.9 Å². The molecule has 7 nitrogen and oxygen atoms in total. The van der Waals surface area contributed by atoms with E-state index in [1.165, 1.54) is 11.8 Å². The maximum atomic E-state index is 12.8. The molecule has 0 unspecified atom stereocenters. The highest BCUT2D eigenvalue weighted by Gasteiger charge is 2.62. The number of aromatic amines is 1. The standard InChI is InChI=1S/C27H29N3O4/c1-2-34-25(31)19-14-28-26(32)27(33)20(19)13-22-24-18(17-10-6-7-11-21(17)29-24)12-23(27)30(22)15-16-8-4-3-5-9-16/h3-11,14,20,22-23,26,28-29,32-33H,2,12-13,15H2,1H3/t20-,22-,23-,26-,27+/m0/s1. The molecule has 0 radical (unpaired) electrons. The van der Waals surface area contributed by atoms with Gasteiger partial charge in [0.05, 0.1) is 18.2 Å². The zero-order valence-corrected chi connectivity index (χ0v) is 19.1. The number of benzene rings is 2. The summed E-state index contributed by atoms with van der Waals surface area (Å²) in [5, 5.41) is 27.3. The zero-order chi connectivity index (χ0) is 23.4. The lowest BCUT2D eigenvalue weighted by molar-refractivity contribution is -0.206. The molecule has 1 saturated heterocycles. The predicted molar refractivity (Wildman–Crippen MR) is 127 cm³/mol. The molecule has 0 aliphatic carbocycles. The number of esters is 1. The number of hydrogen-bond donors (Lipinski definition) is 4. The molecule has 0 saturated carbocycles. The molecule has 4 heterocycles. The summed E-state index contributed by atoms with van der Waals surface area (Å²) < 4.78 is 5.31. The van der Waals surface area contributed by atoms with Crippen molar-refractivity contribution in [3.63, 3.8) is 0 Å². The van der Waals surface area contributed by atoms with Crippen LogP contribution in [-0.4, -0.2) is 50.5 Å². The summed E-state index contributed by atoms with van der Waals surface area (Å²) in [4.78, 5) is 18.8. The maximum absolute atomic E-state index is 12.8. The number of aromatic nitrogens is 1. The van der Waals surface area contributed by atoms with Crippen LogP contribution in [0.2, 0.25) is 0 Å². The molecule has 3 aliphatic rings. The van der Waals surface area contributed by atoms with Crippen molar-refractivity contribution in [2.45, 2.75) is 50.2 Å². The molecule has 3 aromatic rings. The van der Waals surface area contributed by atoms with Crippen molar-refractivity contribution in [1.29, 1.82) is 0 Å². The Morgan fingerprint density at radius 1 is 1.18 bits per heavy atom. The quantitative estimate of drug-likeness (QED) is 0.448. The Hall–Kier alpha value is -3.13. The van der Waals surface area contributed by atoms with Gasteiger partial charge in [0.1, 0.15) is 5.60 Å². The van der Waals surface area contributed by atoms with E-state index in [1.54, 1.807) is 6.92 Å². The summed E-state index contributed by atoms with van der Waals surface area (Å²) >= 11 is 0. The van der Waals surface area contributed by atoms with Crippen LogP contribution in [0.4, 0.5) is 0 Å². The van der Waals surface area contributed by atoms with Crippen LogP contribution in [-0.2, 0) is 22.5 Å². The van der Waals surface area contributed by atoms with Crippen LogP contribution in [0.25, 0.3) is 10.9 Å². The summed E-state index contributed by atoms with van der Waals surface area (Å²) in [5.74, 6) is -0.999. The second-order valence-corrected chi connectivity index (χ2v) is 9.52. The van der Waals surface area contributed by atoms with Gasteiger partial charge in [0.15, 0.2) is 6.23 Å². The molecule has 2 bridgehead atoms. The van der Waals surface area contributed by atoms with Crippen molar-refractivity contribution in [2.24, 2.45) is 5.92 Å². The van der Waals surface area contributed by atoms with Gasteiger partial charge in [0.25, 0.3) is 0 Å². The Kier molecular flexibility index (Phi) is 5.02. The molecule has 4 N–H and O–H groups in total. The van der Waals surface area contributed by atoms with E-state index in [4.69, 9.17) is 4.74 Å². The zero-order valence-electron chi connectivity index (χ0n) is 19.1. The van der Waals surface area contributed by atoms with Crippen molar-refractivity contribution in [1.82, 2.24) is 15.2 Å². The molecule has 1 aromatic heterocycles. The molecular formula is C27H29N3O4. The Bertz CT molecular complexity index is 1270. The normalized spacial score (nSPS) is 30.1. The molecular weight excluding hydrogens is 430 g/mol. The fraction of sp³-hybridized carbons (Fsp3) is 0.370. The highest BCUT2D eigenvalue weighted by atomic mass is 16.5. The first kappa shape index (κ1) is 21.4. The third-order valence-electron chi connectivity index (χ3n) is 7.86. The first-order chi connectivity index (χ1) is 16.5. The largest absolute Gasteiger partial charge is 0.463 e. The first-order valence-electron chi connectivity index (χ1n) is 11.9. The molecule has 2 aromatic carbocycles. The van der Waals surface area contributed by atoms with Crippen LogP contribution in [0.1, 0.15) is 36.2 Å². The SMILES string of the molecule is CCOC(=O)C1=CN[C@@H](O)[C@]2(O)[C@@H]3Cc4c([nH]c5ccccc45)[C@H](C[C@@H]12)N3Cc1ccccc1. The lowest BCUT2D eigenvalue weighted by atomic mass is 9.63. The molecule has 5 atom stereocenters. The van der Waals surface area contributed by atoms with Crippen molar-refractivity contribution in [3.05, 3.63) is 83.2 Å². The van der Waals surface area contributed by atoms with E-state index in [1.807, 2.05) is 30.3 Å². The second kappa shape index (κ2) is 7.98. The highest BCUT2D eigenvalue weighted by Crippen LogP contribution is 2.54. The Labute approximate surface area is 198 Å². The minimum Gasteiger partial charge on any atom is -0.463 e. The van der Waals surface area contributed by atoms with Crippen molar-refractivity contribution in [3.8, 4) is 0 Å². The minimum absolute atomic E-state index is 0.0465. The molecule has 6 rings (SSSR count). The number of fused-ring (bicyclic) bond motifs is 8. The van der Waals surface area contributed by atoms with E-state index in [9.17, 15) is 15.0 Å². The Morgan fingerprint density at radius 3 is 2.74 bits per heavy atom. The smallest absolute Gasteiger partial charge is 0.335 e. The third-order valence-corrected chi connectivity index (χ3v) is 7.86. The Morgan fingerprint density at radius 2 is 1.94 bits per heavy atom. The summed E-state index contributed by atoms with van der Waals surface area (Å²) in [6.45, 7) is 2.65. The number of hydrogen-bond acceptors (Lipinski definition) is 6. The average Bonchev–Trinajstić information content (AvgIpc) is 3.21. The number of para-hydroxylation sites is 1. The lowest BCUT2D eigenvalue weighted by Gasteiger charge is -2.59. The molecule has 3 aliphatic heterocycles. The number of rotatable bonds is 4. The van der Waals surface area contributed by atoms with Gasteiger partial charge < -0.3 is 25.3 Å². The van der Waals surface area contributed by atoms with Gasteiger partial charge in [-0.2, -0.15) is 0 Å². The monoisotopic (exact) mass is 459 g/mol. The fourth-order valence-corrected chi connectivity index (χ4v) is 6.33. The van der Waals surface area contributed by atoms with E-state index in [2.05, 4.69) is 39.5 Å². The first-order valence-corrected chi connectivity index (χ1v) is 11.9. The van der Waals surface area contributed by atoms with Gasteiger partial charge in [-0.3, -0.25) is 4.90 Å². The number of nitrogens with zero attached hydrogens (tertiary/aromatic N) is 1. The number of ether oxygens (including phenoxy) is 1. The molecule has 0 spiro atoms. The predicted octanol–water partition coefficient (Wildman–Crippen LogP) is 2.76. The number of H-pyrrole nitrogens is 1. The molecule has 7 heteroatoms. The van der Waals surface area contributed by atoms with E-state index in [-0.39, 0.29) is 12.6 Å². The van der Waals surface area contributed by atoms with Gasteiger partial charge in [-0.05, 0) is 37.0 Å². The highest BCUT2D eigenvalue weighted by molar-refractivity contribution is 5.90. The van der Waals surface area contributed by atoms with Gasteiger partial charge in [-0.15, -0.1) is 0 Å². The van der Waals surface area contributed by atoms with Crippen LogP contribution >= 0.6 is 0 Å². The van der Waals surface area contributed by atoms with E-state index >= 15 is 0 Å². The van der Waals surface area contributed by atoms with Crippen molar-refractivity contribution < 1.29 is 19.7 Å². The van der Waals surface area contributed by atoms with Crippen LogP contribution in [0.15, 0.2) is 66.4 Å². The van der Waals surface area contributed by atoms with Crippen LogP contribution in [0.5, 0.6) is 0 Å². The van der Waals surface area contributed by atoms with Gasteiger partial charge >= 0.3 is 5.97 Å². The van der Waals surface area contributed by atoms with Crippen LogP contribution in [0.3, 0.4) is 0 Å². The van der Waals surface area contributed by atoms with Gasteiger partial charge in [-0.25, -0.2) is 4.79 Å². The number of aliphatic hydroxyl groups is 2. The summed E-state index contributed by atoms with van der Waals surface area (Å²) in [5.41, 5.74) is 3.35. The van der Waals surface area contributed by atoms with Crippen LogP contribution < -0.4 is 5.32 Å². The lowest BCUT2D eigenvalue weighted by Crippen LogP contribution is -2.73. The maximum Gasteiger partial charge on any atom is 0.335 e. The number of aliphatic hydroxyl groups excluding tert-OH is 1. The van der Waals surface area contributed by atoms with E-state index in [0.29, 0.717) is 25.0 Å². The molecule has 1 fully saturated rings. The average molecular weight is 460 g/mol. The summed E-state index contributed by atoms with van der Waals surface area (Å²) in [7, 11) is 0. The molecule has 0 amide bonds. The topological polar surface area (TPSA) is 97.8 Å². The molecule has 176 valence electrons. The van der Waals surface area contributed by atoms with Gasteiger partial charge in [0.2, 0.25) is 0 Å². The number of carbonyl (C=O) groups is 1.